The number of anilines is 3. The average molecular weight is 378 g/mol. The highest BCUT2D eigenvalue weighted by Crippen LogP contribution is 2.19. The number of para-hydroxylation sites is 1. The van der Waals surface area contributed by atoms with Crippen molar-refractivity contribution in [2.45, 2.75) is 6.42 Å². The van der Waals surface area contributed by atoms with E-state index in [9.17, 15) is 4.79 Å². The van der Waals surface area contributed by atoms with Gasteiger partial charge in [-0.2, -0.15) is 0 Å². The van der Waals surface area contributed by atoms with Gasteiger partial charge in [0.1, 0.15) is 23.7 Å². The molecule has 0 fully saturated rings. The molecule has 0 aliphatic carbocycles. The van der Waals surface area contributed by atoms with Gasteiger partial charge in [0.2, 0.25) is 0 Å². The first-order valence-corrected chi connectivity index (χ1v) is 8.83. The van der Waals surface area contributed by atoms with Crippen molar-refractivity contribution in [3.63, 3.8) is 0 Å². The normalized spacial score (nSPS) is 10.2. The minimum absolute atomic E-state index is 0.366. The van der Waals surface area contributed by atoms with E-state index < -0.39 is 0 Å². The third kappa shape index (κ3) is 4.97. The second-order valence-electron chi connectivity index (χ2n) is 5.97. The number of carbonyl (C=O) groups excluding carboxylic acids is 1. The van der Waals surface area contributed by atoms with Crippen LogP contribution in [0.5, 0.6) is 5.75 Å². The van der Waals surface area contributed by atoms with Crippen molar-refractivity contribution in [2.24, 2.45) is 0 Å². The SMILES string of the molecule is COC(=O)c1ccc(Nc2cc(NCCc3ccccc3OC)ncn2)cc1. The van der Waals surface area contributed by atoms with Crippen molar-refractivity contribution in [1.29, 1.82) is 0 Å². The van der Waals surface area contributed by atoms with Gasteiger partial charge >= 0.3 is 5.97 Å². The van der Waals surface area contributed by atoms with Crippen molar-refractivity contribution in [2.75, 3.05) is 31.4 Å². The number of nitrogens with one attached hydrogen (secondary N) is 2. The first kappa shape index (κ1) is 19.2. The monoisotopic (exact) mass is 378 g/mol. The summed E-state index contributed by atoms with van der Waals surface area (Å²) in [4.78, 5) is 20.0. The number of benzene rings is 2. The van der Waals surface area contributed by atoms with E-state index in [1.807, 2.05) is 30.3 Å². The summed E-state index contributed by atoms with van der Waals surface area (Å²) in [5.74, 6) is 1.89. The molecular weight excluding hydrogens is 356 g/mol. The molecule has 0 radical (unpaired) electrons. The second-order valence-corrected chi connectivity index (χ2v) is 5.97. The third-order valence-corrected chi connectivity index (χ3v) is 4.14. The quantitative estimate of drug-likeness (QED) is 0.579. The Labute approximate surface area is 163 Å². The maximum atomic E-state index is 11.5. The van der Waals surface area contributed by atoms with Crippen LogP contribution >= 0.6 is 0 Å². The van der Waals surface area contributed by atoms with Gasteiger partial charge in [-0.3, -0.25) is 0 Å². The minimum atomic E-state index is -0.366. The summed E-state index contributed by atoms with van der Waals surface area (Å²) in [7, 11) is 3.03. The fourth-order valence-electron chi connectivity index (χ4n) is 2.71. The van der Waals surface area contributed by atoms with Crippen LogP contribution in [0.3, 0.4) is 0 Å². The number of hydrogen-bond donors (Lipinski definition) is 2. The molecule has 7 nitrogen and oxygen atoms in total. The van der Waals surface area contributed by atoms with Gasteiger partial charge < -0.3 is 20.1 Å². The summed E-state index contributed by atoms with van der Waals surface area (Å²) in [5, 5.41) is 6.49. The minimum Gasteiger partial charge on any atom is -0.496 e. The van der Waals surface area contributed by atoms with Gasteiger partial charge in [0, 0.05) is 18.3 Å². The van der Waals surface area contributed by atoms with Gasteiger partial charge in [0.25, 0.3) is 0 Å². The summed E-state index contributed by atoms with van der Waals surface area (Å²) in [6, 6.07) is 16.8. The maximum absolute atomic E-state index is 11.5. The number of nitrogens with zero attached hydrogens (tertiary/aromatic N) is 2. The number of carbonyl (C=O) groups is 1. The number of ether oxygens (including phenoxy) is 2. The molecule has 0 aliphatic heterocycles. The second kappa shape index (κ2) is 9.36. The maximum Gasteiger partial charge on any atom is 0.337 e. The summed E-state index contributed by atoms with van der Waals surface area (Å²) >= 11 is 0. The number of aromatic nitrogens is 2. The molecule has 1 aromatic heterocycles. The molecule has 0 aliphatic rings. The zero-order chi connectivity index (χ0) is 19.8. The number of rotatable bonds is 8. The fourth-order valence-corrected chi connectivity index (χ4v) is 2.71. The van der Waals surface area contributed by atoms with Gasteiger partial charge in [-0.1, -0.05) is 18.2 Å². The van der Waals surface area contributed by atoms with E-state index in [4.69, 9.17) is 9.47 Å². The van der Waals surface area contributed by atoms with Crippen LogP contribution in [0.25, 0.3) is 0 Å². The predicted molar refractivity (Wildman–Crippen MR) is 108 cm³/mol. The molecule has 3 aromatic rings. The van der Waals surface area contributed by atoms with Crippen LogP contribution in [0.2, 0.25) is 0 Å². The molecule has 0 spiro atoms. The molecule has 2 N–H and O–H groups in total. The van der Waals surface area contributed by atoms with Crippen LogP contribution in [0.15, 0.2) is 60.9 Å². The highest BCUT2D eigenvalue weighted by atomic mass is 16.5. The number of esters is 1. The molecule has 28 heavy (non-hydrogen) atoms. The highest BCUT2D eigenvalue weighted by molar-refractivity contribution is 5.89. The molecule has 0 saturated carbocycles. The molecule has 0 amide bonds. The van der Waals surface area contributed by atoms with Gasteiger partial charge in [0.05, 0.1) is 19.8 Å². The molecule has 144 valence electrons. The number of hydrogen-bond acceptors (Lipinski definition) is 7. The van der Waals surface area contributed by atoms with Crippen LogP contribution in [0.4, 0.5) is 17.3 Å². The predicted octanol–water partition coefficient (Wildman–Crippen LogP) is 3.67. The van der Waals surface area contributed by atoms with E-state index in [1.165, 1.54) is 13.4 Å². The zero-order valence-corrected chi connectivity index (χ0v) is 15.8. The molecule has 2 aromatic carbocycles. The van der Waals surface area contributed by atoms with Crippen molar-refractivity contribution < 1.29 is 14.3 Å². The Balaban J connectivity index is 1.58. The first-order valence-electron chi connectivity index (χ1n) is 8.83. The van der Waals surface area contributed by atoms with E-state index in [-0.39, 0.29) is 5.97 Å². The topological polar surface area (TPSA) is 85.4 Å². The zero-order valence-electron chi connectivity index (χ0n) is 15.8. The summed E-state index contributed by atoms with van der Waals surface area (Å²) < 4.78 is 10.1. The Morgan fingerprint density at radius 1 is 1.00 bits per heavy atom. The van der Waals surface area contributed by atoms with Crippen molar-refractivity contribution >= 4 is 23.3 Å². The molecular formula is C21H22N4O3. The average Bonchev–Trinajstić information content (AvgIpc) is 2.74. The standard InChI is InChI=1S/C21H22N4O3/c1-27-18-6-4-3-5-15(18)11-12-22-19-13-20(24-14-23-19)25-17-9-7-16(8-10-17)21(26)28-2/h3-10,13-14H,11-12H2,1-2H3,(H2,22,23,24,25). The Hall–Kier alpha value is -3.61. The molecule has 0 unspecified atom stereocenters. The van der Waals surface area contributed by atoms with Gasteiger partial charge in [-0.05, 0) is 42.3 Å². The molecule has 0 bridgehead atoms. The van der Waals surface area contributed by atoms with Crippen molar-refractivity contribution in [1.82, 2.24) is 9.97 Å². The lowest BCUT2D eigenvalue weighted by Gasteiger charge is -2.10. The lowest BCUT2D eigenvalue weighted by Crippen LogP contribution is -2.08. The summed E-state index contributed by atoms with van der Waals surface area (Å²) in [6.07, 6.45) is 2.31. The van der Waals surface area contributed by atoms with Crippen LogP contribution in [-0.4, -0.2) is 36.7 Å². The molecule has 0 atom stereocenters. The smallest absolute Gasteiger partial charge is 0.337 e. The Kier molecular flexibility index (Phi) is 6.41. The summed E-state index contributed by atoms with van der Waals surface area (Å²) in [6.45, 7) is 0.713. The van der Waals surface area contributed by atoms with Crippen LogP contribution in [0.1, 0.15) is 15.9 Å². The lowest BCUT2D eigenvalue weighted by atomic mass is 10.1. The van der Waals surface area contributed by atoms with E-state index in [2.05, 4.69) is 20.6 Å². The lowest BCUT2D eigenvalue weighted by molar-refractivity contribution is 0.0601. The van der Waals surface area contributed by atoms with Gasteiger partial charge in [0.15, 0.2) is 0 Å². The van der Waals surface area contributed by atoms with E-state index in [0.29, 0.717) is 17.9 Å². The fraction of sp³-hybridized carbons (Fsp3) is 0.190. The van der Waals surface area contributed by atoms with E-state index in [1.54, 1.807) is 31.4 Å². The Morgan fingerprint density at radius 3 is 2.50 bits per heavy atom. The van der Waals surface area contributed by atoms with E-state index in [0.717, 1.165) is 29.2 Å². The van der Waals surface area contributed by atoms with Crippen LogP contribution < -0.4 is 15.4 Å². The van der Waals surface area contributed by atoms with Crippen molar-refractivity contribution in [3.8, 4) is 5.75 Å². The van der Waals surface area contributed by atoms with Gasteiger partial charge in [-0.25, -0.2) is 14.8 Å². The Morgan fingerprint density at radius 2 is 1.75 bits per heavy atom. The summed E-state index contributed by atoms with van der Waals surface area (Å²) in [5.41, 5.74) is 2.44. The van der Waals surface area contributed by atoms with Gasteiger partial charge in [-0.15, -0.1) is 0 Å². The van der Waals surface area contributed by atoms with Crippen LogP contribution in [-0.2, 0) is 11.2 Å². The van der Waals surface area contributed by atoms with Crippen molar-refractivity contribution in [3.05, 3.63) is 72.1 Å². The first-order chi connectivity index (χ1) is 13.7. The Bertz CT molecular complexity index is 929. The molecule has 7 heteroatoms. The molecule has 1 heterocycles. The largest absolute Gasteiger partial charge is 0.496 e. The van der Waals surface area contributed by atoms with E-state index >= 15 is 0 Å². The molecule has 3 rings (SSSR count). The molecule has 0 saturated heterocycles. The van der Waals surface area contributed by atoms with Crippen LogP contribution in [0, 0.1) is 0 Å². The number of methoxy groups -OCH3 is 2. The third-order valence-electron chi connectivity index (χ3n) is 4.14. The highest BCUT2D eigenvalue weighted by Gasteiger charge is 2.06.